The van der Waals surface area contributed by atoms with Crippen molar-refractivity contribution in [1.29, 1.82) is 0 Å². The van der Waals surface area contributed by atoms with Gasteiger partial charge in [-0.15, -0.1) is 0 Å². The van der Waals surface area contributed by atoms with Gasteiger partial charge >= 0.3 is 5.91 Å². The lowest BCUT2D eigenvalue weighted by molar-refractivity contribution is -0.111. The zero-order valence-corrected chi connectivity index (χ0v) is 11.6. The van der Waals surface area contributed by atoms with Gasteiger partial charge in [-0.3, -0.25) is 4.79 Å². The van der Waals surface area contributed by atoms with E-state index in [1.54, 1.807) is 6.07 Å². The molecule has 0 spiro atoms. The highest BCUT2D eigenvalue weighted by atomic mass is 79.9. The van der Waals surface area contributed by atoms with Crippen molar-refractivity contribution in [2.75, 3.05) is 5.32 Å². The van der Waals surface area contributed by atoms with E-state index >= 15 is 0 Å². The summed E-state index contributed by atoms with van der Waals surface area (Å²) in [5.74, 6) is 1.91. The fourth-order valence-electron chi connectivity index (χ4n) is 0.939. The highest BCUT2D eigenvalue weighted by Gasteiger charge is 2.06. The van der Waals surface area contributed by atoms with Crippen molar-refractivity contribution in [3.05, 3.63) is 27.2 Å². The Kier molecular flexibility index (Phi) is 4.65. The minimum Gasteiger partial charge on any atom is -0.314 e. The van der Waals surface area contributed by atoms with E-state index in [0.717, 1.165) is 10.0 Å². The molecular weight excluding hydrogens is 345 g/mol. The third-order valence-electron chi connectivity index (χ3n) is 1.66. The molecule has 1 N–H and O–H groups in total. The first-order chi connectivity index (χ1) is 7.04. The molecule has 0 unspecified atom stereocenters. The van der Waals surface area contributed by atoms with E-state index in [2.05, 4.69) is 47.9 Å². The van der Waals surface area contributed by atoms with Crippen LogP contribution in [0.2, 0.25) is 5.02 Å². The van der Waals surface area contributed by atoms with Gasteiger partial charge < -0.3 is 5.32 Å². The quantitative estimate of drug-likeness (QED) is 0.768. The number of carbonyl (C=O) groups excluding carboxylic acids is 1. The molecule has 0 saturated carbocycles. The van der Waals surface area contributed by atoms with E-state index in [-0.39, 0.29) is 0 Å². The summed E-state index contributed by atoms with van der Waals surface area (Å²) >= 11 is 12.1. The average Bonchev–Trinajstić information content (AvgIpc) is 2.14. The smallest absolute Gasteiger partial charge is 0.301 e. The normalized spacial score (nSPS) is 9.07. The fraction of sp³-hybridized carbons (Fsp3) is 0.100. The van der Waals surface area contributed by atoms with Gasteiger partial charge in [0.1, 0.15) is 0 Å². The lowest BCUT2D eigenvalue weighted by Crippen LogP contribution is -2.08. The number of hydrogen-bond acceptors (Lipinski definition) is 1. The van der Waals surface area contributed by atoms with Crippen LogP contribution in [0.5, 0.6) is 0 Å². The second kappa shape index (κ2) is 5.55. The lowest BCUT2D eigenvalue weighted by atomic mass is 10.2. The van der Waals surface area contributed by atoms with E-state index in [1.807, 2.05) is 13.0 Å². The minimum atomic E-state index is -0.396. The van der Waals surface area contributed by atoms with Crippen LogP contribution in [0.15, 0.2) is 16.6 Å². The molecule has 1 amide bonds. The van der Waals surface area contributed by atoms with Crippen molar-refractivity contribution >= 4 is 55.1 Å². The first-order valence-electron chi connectivity index (χ1n) is 3.93. The molecule has 15 heavy (non-hydrogen) atoms. The third kappa shape index (κ3) is 3.53. The molecule has 0 bridgehead atoms. The Morgan fingerprint density at radius 1 is 1.53 bits per heavy atom. The Morgan fingerprint density at radius 2 is 2.20 bits per heavy atom. The first-order valence-corrected chi connectivity index (χ1v) is 5.89. The van der Waals surface area contributed by atoms with Crippen LogP contribution in [0.4, 0.5) is 5.69 Å². The molecule has 0 aliphatic carbocycles. The number of hydrogen-bond donors (Lipinski definition) is 1. The summed E-state index contributed by atoms with van der Waals surface area (Å²) in [6.45, 7) is 1.89. The Labute approximate surface area is 110 Å². The third-order valence-corrected chi connectivity index (χ3v) is 2.92. The maximum absolute atomic E-state index is 11.2. The Hall–Kier alpha value is -0.500. The number of halogens is 3. The van der Waals surface area contributed by atoms with Crippen molar-refractivity contribution in [2.45, 2.75) is 6.92 Å². The molecule has 0 atom stereocenters. The van der Waals surface area contributed by atoms with E-state index < -0.39 is 5.91 Å². The zero-order valence-electron chi connectivity index (χ0n) is 7.70. The molecule has 2 nitrogen and oxygen atoms in total. The van der Waals surface area contributed by atoms with Gasteiger partial charge in [-0.1, -0.05) is 11.6 Å². The molecule has 5 heteroatoms. The van der Waals surface area contributed by atoms with E-state index in [9.17, 15) is 4.79 Å². The van der Waals surface area contributed by atoms with Gasteiger partial charge in [0, 0.05) is 31.3 Å². The maximum Gasteiger partial charge on any atom is 0.301 e. The number of amides is 1. The molecule has 0 aromatic heterocycles. The van der Waals surface area contributed by atoms with E-state index in [1.165, 1.54) is 0 Å². The van der Waals surface area contributed by atoms with Crippen molar-refractivity contribution < 1.29 is 4.79 Å². The van der Waals surface area contributed by atoms with Crippen molar-refractivity contribution in [3.63, 3.8) is 0 Å². The van der Waals surface area contributed by atoms with Gasteiger partial charge in [-0.2, -0.15) is 0 Å². The second-order valence-electron chi connectivity index (χ2n) is 2.75. The van der Waals surface area contributed by atoms with Crippen molar-refractivity contribution in [1.82, 2.24) is 0 Å². The molecule has 1 rings (SSSR count). The molecule has 0 aliphatic rings. The van der Waals surface area contributed by atoms with Gasteiger partial charge in [0.2, 0.25) is 0 Å². The predicted octanol–water partition coefficient (Wildman–Crippen LogP) is 3.71. The topological polar surface area (TPSA) is 29.1 Å². The molecule has 1 aromatic carbocycles. The first kappa shape index (κ1) is 12.6. The van der Waals surface area contributed by atoms with Crippen LogP contribution >= 0.6 is 43.5 Å². The predicted molar refractivity (Wildman–Crippen MR) is 69.2 cm³/mol. The van der Waals surface area contributed by atoms with Gasteiger partial charge in [0.25, 0.3) is 0 Å². The lowest BCUT2D eigenvalue weighted by Gasteiger charge is -2.06. The van der Waals surface area contributed by atoms with Crippen LogP contribution < -0.4 is 5.32 Å². The Bertz CT molecular complexity index is 462. The van der Waals surface area contributed by atoms with Gasteiger partial charge in [0.05, 0.1) is 5.69 Å². The summed E-state index contributed by atoms with van der Waals surface area (Å²) in [5, 5.41) is 3.20. The van der Waals surface area contributed by atoms with Crippen LogP contribution in [-0.4, -0.2) is 5.91 Å². The molecule has 0 heterocycles. The summed E-state index contributed by atoms with van der Waals surface area (Å²) < 4.78 is 0.772. The number of aryl methyl sites for hydroxylation is 1. The summed E-state index contributed by atoms with van der Waals surface area (Å²) in [6.07, 6.45) is 0. The number of nitrogens with one attached hydrogen (secondary N) is 1. The molecule has 0 aliphatic heterocycles. The van der Waals surface area contributed by atoms with Gasteiger partial charge in [-0.05, 0) is 45.4 Å². The van der Waals surface area contributed by atoms with Crippen molar-refractivity contribution in [2.24, 2.45) is 0 Å². The number of anilines is 1. The molecular formula is C10H6Br2ClNO. The molecule has 78 valence electrons. The summed E-state index contributed by atoms with van der Waals surface area (Å²) in [4.78, 5) is 13.5. The highest BCUT2D eigenvalue weighted by molar-refractivity contribution is 9.12. The van der Waals surface area contributed by atoms with Crippen LogP contribution in [0, 0.1) is 17.7 Å². The summed E-state index contributed by atoms with van der Waals surface area (Å²) in [6, 6.07) is 3.51. The molecule has 0 fully saturated rings. The minimum absolute atomic E-state index is 0.396. The number of benzene rings is 1. The standard InChI is InChI=1S/C10H6Br2ClNO/c1-6-4-7(12)9(5-8(6)13)14-10(15)2-3-11/h4-5H,1H3,(H,14,15). The average molecular weight is 351 g/mol. The number of carbonyl (C=O) groups is 1. The van der Waals surface area contributed by atoms with E-state index in [4.69, 9.17) is 11.6 Å². The monoisotopic (exact) mass is 349 g/mol. The van der Waals surface area contributed by atoms with Crippen LogP contribution in [0.3, 0.4) is 0 Å². The Morgan fingerprint density at radius 3 is 2.80 bits per heavy atom. The highest BCUT2D eigenvalue weighted by Crippen LogP contribution is 2.28. The molecule has 1 aromatic rings. The van der Waals surface area contributed by atoms with Crippen LogP contribution in [0.25, 0.3) is 0 Å². The van der Waals surface area contributed by atoms with E-state index in [0.29, 0.717) is 10.7 Å². The molecule has 0 saturated heterocycles. The van der Waals surface area contributed by atoms with Gasteiger partial charge in [-0.25, -0.2) is 0 Å². The Balaban J connectivity index is 2.99. The SMILES string of the molecule is Cc1cc(Br)c(NC(=O)C#CBr)cc1Cl. The summed E-state index contributed by atoms with van der Waals surface area (Å²) in [7, 11) is 0. The second-order valence-corrected chi connectivity index (χ2v) is 4.41. The zero-order chi connectivity index (χ0) is 11.4. The van der Waals surface area contributed by atoms with Crippen LogP contribution in [-0.2, 0) is 4.79 Å². The largest absolute Gasteiger partial charge is 0.314 e. The number of rotatable bonds is 1. The van der Waals surface area contributed by atoms with Crippen molar-refractivity contribution in [3.8, 4) is 10.8 Å². The van der Waals surface area contributed by atoms with Crippen LogP contribution in [0.1, 0.15) is 5.56 Å². The summed E-state index contributed by atoms with van der Waals surface area (Å²) in [5.41, 5.74) is 1.54. The fourth-order valence-corrected chi connectivity index (χ4v) is 1.84. The maximum atomic E-state index is 11.2. The van der Waals surface area contributed by atoms with Gasteiger partial charge in [0.15, 0.2) is 0 Å². The molecule has 0 radical (unpaired) electrons.